The molecule has 0 aliphatic carbocycles. The zero-order valence-corrected chi connectivity index (χ0v) is 18.5. The zero-order valence-electron chi connectivity index (χ0n) is 16.1. The molecule has 31 heavy (non-hydrogen) atoms. The lowest BCUT2D eigenvalue weighted by Gasteiger charge is -2.17. The average molecular weight is 528 g/mol. The summed E-state index contributed by atoms with van der Waals surface area (Å²) in [5.74, 6) is -3.06. The summed E-state index contributed by atoms with van der Waals surface area (Å²) in [6, 6.07) is 3.32. The molecule has 12 heteroatoms. The molecule has 1 aromatic heterocycles. The van der Waals surface area contributed by atoms with E-state index in [4.69, 9.17) is 25.8 Å². The summed E-state index contributed by atoms with van der Waals surface area (Å²) >= 11 is 8.31. The summed E-state index contributed by atoms with van der Waals surface area (Å²) in [7, 11) is 0. The minimum atomic E-state index is -4.88. The van der Waals surface area contributed by atoms with Crippen LogP contribution < -0.4 is 10.1 Å². The largest absolute Gasteiger partial charge is 0.475 e. The number of amides is 1. The second kappa shape index (κ2) is 8.89. The fraction of sp³-hybridized carbons (Fsp3) is 0.368. The van der Waals surface area contributed by atoms with Crippen LogP contribution in [0.1, 0.15) is 29.8 Å². The van der Waals surface area contributed by atoms with Crippen molar-refractivity contribution in [3.8, 4) is 5.88 Å². The maximum Gasteiger partial charge on any atom is 0.417 e. The number of pyridine rings is 1. The Morgan fingerprint density at radius 1 is 1.42 bits per heavy atom. The van der Waals surface area contributed by atoms with Gasteiger partial charge in [0.05, 0.1) is 22.8 Å². The number of ether oxygens (including phenoxy) is 3. The number of carbonyl (C=O) groups is 1. The average Bonchev–Trinajstić information content (AvgIpc) is 3.01. The van der Waals surface area contributed by atoms with Crippen LogP contribution in [0.4, 0.5) is 23.2 Å². The van der Waals surface area contributed by atoms with Crippen LogP contribution in [0, 0.1) is 5.82 Å². The van der Waals surface area contributed by atoms with Gasteiger partial charge in [-0.15, -0.1) is 0 Å². The Morgan fingerprint density at radius 2 is 2.13 bits per heavy atom. The number of carbonyl (C=O) groups excluding carboxylic acids is 1. The van der Waals surface area contributed by atoms with E-state index in [9.17, 15) is 22.4 Å². The number of halogens is 6. The first kappa shape index (κ1) is 23.7. The molecule has 168 valence electrons. The van der Waals surface area contributed by atoms with Crippen molar-refractivity contribution in [1.29, 1.82) is 0 Å². The predicted molar refractivity (Wildman–Crippen MR) is 107 cm³/mol. The highest BCUT2D eigenvalue weighted by molar-refractivity contribution is 9.10. The second-order valence-electron chi connectivity index (χ2n) is 7.01. The van der Waals surface area contributed by atoms with Crippen LogP contribution in [0.3, 0.4) is 0 Å². The number of aromatic nitrogens is 1. The van der Waals surface area contributed by atoms with Crippen LogP contribution in [-0.2, 0) is 15.7 Å². The first-order chi connectivity index (χ1) is 14.4. The van der Waals surface area contributed by atoms with Gasteiger partial charge < -0.3 is 19.5 Å². The number of rotatable bonds is 5. The van der Waals surface area contributed by atoms with Crippen LogP contribution in [0.15, 0.2) is 28.9 Å². The van der Waals surface area contributed by atoms with Crippen molar-refractivity contribution in [1.82, 2.24) is 4.98 Å². The molecule has 1 saturated heterocycles. The van der Waals surface area contributed by atoms with E-state index in [-0.39, 0.29) is 24.3 Å². The molecule has 1 aliphatic heterocycles. The number of hydrogen-bond acceptors (Lipinski definition) is 5. The lowest BCUT2D eigenvalue weighted by Crippen LogP contribution is -2.25. The van der Waals surface area contributed by atoms with Crippen molar-refractivity contribution in [2.24, 2.45) is 0 Å². The number of alkyl halides is 3. The Bertz CT molecular complexity index is 1000. The van der Waals surface area contributed by atoms with Crippen LogP contribution >= 0.6 is 27.5 Å². The molecule has 0 saturated carbocycles. The van der Waals surface area contributed by atoms with Gasteiger partial charge in [0, 0.05) is 22.4 Å². The molecule has 1 unspecified atom stereocenters. The molecule has 3 rings (SSSR count). The van der Waals surface area contributed by atoms with Gasteiger partial charge in [-0.1, -0.05) is 11.6 Å². The molecule has 1 aliphatic rings. The summed E-state index contributed by atoms with van der Waals surface area (Å²) in [4.78, 5) is 16.5. The van der Waals surface area contributed by atoms with Gasteiger partial charge in [-0.2, -0.15) is 13.2 Å². The standard InChI is InChI=1S/C19H16BrClF4N2O4/c1-18(2)30-8-10(31-18)7-29-13-5-9(3-4-26-13)27-17(28)14-12(20)6-11(19(23,24)25)15(21)16(14)22/h3-6,10H,7-8H2,1-2H3,(H,26,27,28). The number of nitrogens with one attached hydrogen (secondary N) is 1. The van der Waals surface area contributed by atoms with E-state index in [1.165, 1.54) is 18.3 Å². The van der Waals surface area contributed by atoms with E-state index in [1.807, 2.05) is 0 Å². The molecule has 2 heterocycles. The van der Waals surface area contributed by atoms with Crippen LogP contribution in [0.2, 0.25) is 5.02 Å². The first-order valence-corrected chi connectivity index (χ1v) is 10.0. The highest BCUT2D eigenvalue weighted by Crippen LogP contribution is 2.40. The molecular weight excluding hydrogens is 512 g/mol. The normalized spacial score (nSPS) is 18.1. The van der Waals surface area contributed by atoms with E-state index >= 15 is 0 Å². The maximum absolute atomic E-state index is 14.5. The number of benzene rings is 1. The lowest BCUT2D eigenvalue weighted by molar-refractivity contribution is -0.141. The highest BCUT2D eigenvalue weighted by Gasteiger charge is 2.37. The Kier molecular flexibility index (Phi) is 6.80. The van der Waals surface area contributed by atoms with Gasteiger partial charge in [0.25, 0.3) is 5.91 Å². The first-order valence-electron chi connectivity index (χ1n) is 8.84. The van der Waals surface area contributed by atoms with E-state index in [2.05, 4.69) is 26.2 Å². The molecule has 0 bridgehead atoms. The summed E-state index contributed by atoms with van der Waals surface area (Å²) in [5.41, 5.74) is -1.88. The van der Waals surface area contributed by atoms with Gasteiger partial charge in [-0.25, -0.2) is 9.37 Å². The molecule has 1 aromatic carbocycles. The third-order valence-corrected chi connectivity index (χ3v) is 5.16. The molecule has 0 spiro atoms. The van der Waals surface area contributed by atoms with Gasteiger partial charge in [0.1, 0.15) is 12.7 Å². The maximum atomic E-state index is 14.5. The highest BCUT2D eigenvalue weighted by atomic mass is 79.9. The third kappa shape index (κ3) is 5.65. The lowest BCUT2D eigenvalue weighted by atomic mass is 10.1. The fourth-order valence-electron chi connectivity index (χ4n) is 2.79. The Morgan fingerprint density at radius 3 is 2.74 bits per heavy atom. The molecule has 1 atom stereocenters. The van der Waals surface area contributed by atoms with E-state index in [0.29, 0.717) is 12.7 Å². The summed E-state index contributed by atoms with van der Waals surface area (Å²) in [6.07, 6.45) is -3.85. The summed E-state index contributed by atoms with van der Waals surface area (Å²) < 4.78 is 69.5. The van der Waals surface area contributed by atoms with Crippen LogP contribution in [0.25, 0.3) is 0 Å². The monoisotopic (exact) mass is 526 g/mol. The van der Waals surface area contributed by atoms with E-state index in [0.717, 1.165) is 0 Å². The fourth-order valence-corrected chi connectivity index (χ4v) is 3.63. The minimum Gasteiger partial charge on any atom is -0.475 e. The molecule has 1 N–H and O–H groups in total. The van der Waals surface area contributed by atoms with Crippen molar-refractivity contribution in [3.63, 3.8) is 0 Å². The molecule has 1 fully saturated rings. The molecule has 2 aromatic rings. The van der Waals surface area contributed by atoms with Crippen molar-refractivity contribution in [2.45, 2.75) is 31.9 Å². The quantitative estimate of drug-likeness (QED) is 0.414. The van der Waals surface area contributed by atoms with Gasteiger partial charge in [-0.3, -0.25) is 4.79 Å². The van der Waals surface area contributed by atoms with Crippen LogP contribution in [0.5, 0.6) is 5.88 Å². The Balaban J connectivity index is 1.73. The SMILES string of the molecule is CC1(C)OCC(COc2cc(NC(=O)c3c(Br)cc(C(F)(F)F)c(Cl)c3F)ccn2)O1. The smallest absolute Gasteiger partial charge is 0.417 e. The van der Waals surface area contributed by atoms with Gasteiger partial charge >= 0.3 is 6.18 Å². The number of nitrogens with zero attached hydrogens (tertiary/aromatic N) is 1. The van der Waals surface area contributed by atoms with Gasteiger partial charge in [0.2, 0.25) is 5.88 Å². The molecule has 0 radical (unpaired) electrons. The van der Waals surface area contributed by atoms with Crippen molar-refractivity contribution in [3.05, 3.63) is 50.8 Å². The van der Waals surface area contributed by atoms with Crippen LogP contribution in [-0.4, -0.2) is 36.0 Å². The molecule has 6 nitrogen and oxygen atoms in total. The Labute approximate surface area is 188 Å². The van der Waals surface area contributed by atoms with E-state index < -0.39 is 44.3 Å². The van der Waals surface area contributed by atoms with Crippen molar-refractivity contribution in [2.75, 3.05) is 18.5 Å². The zero-order chi connectivity index (χ0) is 23.0. The Hall–Kier alpha value is -1.95. The molecule has 1 amide bonds. The van der Waals surface area contributed by atoms with Gasteiger partial charge in [-0.05, 0) is 41.9 Å². The number of hydrogen-bond donors (Lipinski definition) is 1. The predicted octanol–water partition coefficient (Wildman–Crippen LogP) is 5.44. The van der Waals surface area contributed by atoms with Crippen molar-refractivity contribution >= 4 is 39.1 Å². The van der Waals surface area contributed by atoms with Gasteiger partial charge in [0.15, 0.2) is 11.6 Å². The minimum absolute atomic E-state index is 0.141. The second-order valence-corrected chi connectivity index (χ2v) is 8.24. The van der Waals surface area contributed by atoms with E-state index in [1.54, 1.807) is 13.8 Å². The number of anilines is 1. The summed E-state index contributed by atoms with van der Waals surface area (Å²) in [5, 5.41) is 1.19. The molecular formula is C19H16BrClF4N2O4. The van der Waals surface area contributed by atoms with Crippen molar-refractivity contribution < 1.29 is 36.6 Å². The third-order valence-electron chi connectivity index (χ3n) is 4.17. The topological polar surface area (TPSA) is 69.7 Å². The summed E-state index contributed by atoms with van der Waals surface area (Å²) in [6.45, 7) is 4.02.